The Bertz CT molecular complexity index is 242. The van der Waals surface area contributed by atoms with Crippen LogP contribution >= 0.6 is 0 Å². The lowest BCUT2D eigenvalue weighted by molar-refractivity contribution is -0.894. The third kappa shape index (κ3) is 8.16. The van der Waals surface area contributed by atoms with Gasteiger partial charge in [-0.05, 0) is 12.8 Å². The van der Waals surface area contributed by atoms with Gasteiger partial charge in [0.15, 0.2) is 0 Å². The molecule has 100 valence electrons. The average Bonchev–Trinajstić information content (AvgIpc) is 2.14. The molecule has 0 unspecified atom stereocenters. The molecule has 2 N–H and O–H groups in total. The van der Waals surface area contributed by atoms with E-state index in [0.717, 1.165) is 0 Å². The quantitative estimate of drug-likeness (QED) is 0.239. The Morgan fingerprint density at radius 1 is 1.00 bits per heavy atom. The van der Waals surface area contributed by atoms with Gasteiger partial charge in [-0.3, -0.25) is 0 Å². The Kier molecular flexibility index (Phi) is 6.82. The summed E-state index contributed by atoms with van der Waals surface area (Å²) in [6.07, 6.45) is 1.50. The fourth-order valence-electron chi connectivity index (χ4n) is 1.15. The second-order valence-electron chi connectivity index (χ2n) is 3.23. The minimum Gasteiger partial charge on any atom is -0.396 e. The molecule has 0 saturated heterocycles. The topological polar surface area (TPSA) is 145 Å². The average molecular weight is 254 g/mol. The summed E-state index contributed by atoms with van der Waals surface area (Å²) in [7, 11) is 0. The molecule has 0 saturated carbocycles. The van der Waals surface area contributed by atoms with E-state index in [1.165, 1.54) is 0 Å². The highest BCUT2D eigenvalue weighted by Gasteiger charge is 2.35. The zero-order chi connectivity index (χ0) is 13.3. The smallest absolute Gasteiger partial charge is 0.364 e. The summed E-state index contributed by atoms with van der Waals surface area (Å²) in [5, 5.41) is 35.1. The lowest BCUT2D eigenvalue weighted by Crippen LogP contribution is -2.39. The summed E-state index contributed by atoms with van der Waals surface area (Å²) in [5.74, 6) is -2.87. The SMILES string of the molecule is O=[N+]([O-])OC(O)(CCCCCCO)O[N+](=O)[O-]. The number of unbranched alkanes of at least 4 members (excludes halogenated alkanes) is 3. The van der Waals surface area contributed by atoms with Crippen LogP contribution in [0.15, 0.2) is 0 Å². The van der Waals surface area contributed by atoms with Gasteiger partial charge >= 0.3 is 5.97 Å². The van der Waals surface area contributed by atoms with Gasteiger partial charge in [0, 0.05) is 13.0 Å². The van der Waals surface area contributed by atoms with Crippen molar-refractivity contribution in [3.05, 3.63) is 20.2 Å². The molecule has 0 aliphatic rings. The van der Waals surface area contributed by atoms with Crippen LogP contribution in [0.1, 0.15) is 32.1 Å². The number of aliphatic hydroxyl groups excluding tert-OH is 1. The van der Waals surface area contributed by atoms with Crippen molar-refractivity contribution in [2.75, 3.05) is 6.61 Å². The molecule has 17 heavy (non-hydrogen) atoms. The zero-order valence-electron chi connectivity index (χ0n) is 8.98. The number of aliphatic hydroxyl groups is 2. The first-order valence-electron chi connectivity index (χ1n) is 4.90. The second-order valence-corrected chi connectivity index (χ2v) is 3.23. The Morgan fingerprint density at radius 3 is 1.88 bits per heavy atom. The van der Waals surface area contributed by atoms with E-state index < -0.39 is 22.6 Å². The Balaban J connectivity index is 4.09. The molecule has 0 aromatic carbocycles. The number of nitrogens with zero attached hydrogens (tertiary/aromatic N) is 2. The molecule has 0 aromatic heterocycles. The van der Waals surface area contributed by atoms with Crippen molar-refractivity contribution >= 4 is 0 Å². The van der Waals surface area contributed by atoms with Crippen LogP contribution in [0, 0.1) is 20.2 Å². The van der Waals surface area contributed by atoms with Crippen LogP contribution in [0.2, 0.25) is 0 Å². The van der Waals surface area contributed by atoms with Gasteiger partial charge in [0.05, 0.1) is 0 Å². The molecule has 0 rings (SSSR count). The van der Waals surface area contributed by atoms with Crippen LogP contribution in [0.5, 0.6) is 0 Å². The third-order valence-electron chi connectivity index (χ3n) is 1.84. The Labute approximate surface area is 96.0 Å². The van der Waals surface area contributed by atoms with Crippen molar-refractivity contribution in [1.29, 1.82) is 0 Å². The molecule has 0 amide bonds. The Morgan fingerprint density at radius 2 is 1.47 bits per heavy atom. The molecule has 0 aliphatic heterocycles. The van der Waals surface area contributed by atoms with E-state index in [1.54, 1.807) is 0 Å². The minimum atomic E-state index is -2.87. The van der Waals surface area contributed by atoms with Crippen molar-refractivity contribution in [2.45, 2.75) is 38.1 Å². The van der Waals surface area contributed by atoms with Gasteiger partial charge in [-0.1, -0.05) is 12.8 Å². The van der Waals surface area contributed by atoms with Gasteiger partial charge in [0.2, 0.25) is 0 Å². The molecular formula is C7H14N2O8. The summed E-state index contributed by atoms with van der Waals surface area (Å²) in [5.41, 5.74) is 0. The van der Waals surface area contributed by atoms with E-state index in [0.29, 0.717) is 19.3 Å². The van der Waals surface area contributed by atoms with Gasteiger partial charge in [0.25, 0.3) is 10.2 Å². The van der Waals surface area contributed by atoms with E-state index in [2.05, 4.69) is 9.68 Å². The fraction of sp³-hybridized carbons (Fsp3) is 1.00. The van der Waals surface area contributed by atoms with Crippen LogP contribution in [0.25, 0.3) is 0 Å². The summed E-state index contributed by atoms with van der Waals surface area (Å²) >= 11 is 0. The van der Waals surface area contributed by atoms with E-state index in [9.17, 15) is 25.3 Å². The molecule has 0 radical (unpaired) electrons. The molecule has 0 fully saturated rings. The summed E-state index contributed by atoms with van der Waals surface area (Å²) in [4.78, 5) is 27.5. The Hall–Kier alpha value is -1.68. The molecule has 10 nitrogen and oxygen atoms in total. The molecule has 0 aromatic rings. The van der Waals surface area contributed by atoms with Crippen molar-refractivity contribution in [2.24, 2.45) is 0 Å². The molecule has 0 spiro atoms. The predicted octanol–water partition coefficient (Wildman–Crippen LogP) is -0.00810. The van der Waals surface area contributed by atoms with Crippen LogP contribution in [-0.2, 0) is 9.68 Å². The van der Waals surface area contributed by atoms with Crippen molar-refractivity contribution in [3.63, 3.8) is 0 Å². The maximum atomic E-state index is 10.0. The zero-order valence-corrected chi connectivity index (χ0v) is 8.98. The highest BCUT2D eigenvalue weighted by atomic mass is 17.1. The van der Waals surface area contributed by atoms with Gasteiger partial charge in [-0.2, -0.15) is 0 Å². The maximum absolute atomic E-state index is 10.0. The predicted molar refractivity (Wildman–Crippen MR) is 51.3 cm³/mol. The van der Waals surface area contributed by atoms with E-state index >= 15 is 0 Å². The van der Waals surface area contributed by atoms with Crippen molar-refractivity contribution < 1.29 is 30.1 Å². The highest BCUT2D eigenvalue weighted by Crippen LogP contribution is 2.19. The molecular weight excluding hydrogens is 240 g/mol. The van der Waals surface area contributed by atoms with Crippen molar-refractivity contribution in [1.82, 2.24) is 0 Å². The van der Waals surface area contributed by atoms with Crippen LogP contribution in [-0.4, -0.2) is 33.0 Å². The maximum Gasteiger partial charge on any atom is 0.364 e. The third-order valence-corrected chi connectivity index (χ3v) is 1.84. The first-order chi connectivity index (χ1) is 7.89. The normalized spacial score (nSPS) is 10.9. The lowest BCUT2D eigenvalue weighted by atomic mass is 10.1. The summed E-state index contributed by atoms with van der Waals surface area (Å²) in [6.45, 7) is 0.0149. The van der Waals surface area contributed by atoms with E-state index in [4.69, 9.17) is 5.11 Å². The van der Waals surface area contributed by atoms with E-state index in [1.807, 2.05) is 0 Å². The van der Waals surface area contributed by atoms with Gasteiger partial charge in [0.1, 0.15) is 0 Å². The standard InChI is InChI=1S/C7H14N2O8/c10-6-4-2-1-3-5-7(11,16-8(12)13)17-9(14)15/h10-11H,1-6H2. The monoisotopic (exact) mass is 254 g/mol. The first kappa shape index (κ1) is 15.3. The molecule has 0 aliphatic carbocycles. The van der Waals surface area contributed by atoms with E-state index in [-0.39, 0.29) is 13.0 Å². The number of hydrogen-bond acceptors (Lipinski definition) is 8. The van der Waals surface area contributed by atoms with Crippen LogP contribution in [0.3, 0.4) is 0 Å². The van der Waals surface area contributed by atoms with Crippen molar-refractivity contribution in [3.8, 4) is 0 Å². The highest BCUT2D eigenvalue weighted by molar-refractivity contribution is 4.52. The summed E-state index contributed by atoms with van der Waals surface area (Å²) in [6, 6.07) is 0. The second kappa shape index (κ2) is 7.57. The molecule has 10 heteroatoms. The van der Waals surface area contributed by atoms with Crippen LogP contribution in [0.4, 0.5) is 0 Å². The molecule has 0 heterocycles. The van der Waals surface area contributed by atoms with Crippen LogP contribution < -0.4 is 0 Å². The largest absolute Gasteiger partial charge is 0.396 e. The molecule has 0 atom stereocenters. The number of hydrogen-bond donors (Lipinski definition) is 2. The van der Waals surface area contributed by atoms with Gasteiger partial charge < -0.3 is 10.2 Å². The summed E-state index contributed by atoms with van der Waals surface area (Å²) < 4.78 is 0. The minimum absolute atomic E-state index is 0.0149. The number of rotatable bonds is 10. The van der Waals surface area contributed by atoms with Gasteiger partial charge in [-0.15, -0.1) is 20.2 Å². The lowest BCUT2D eigenvalue weighted by Gasteiger charge is -2.22. The fourth-order valence-corrected chi connectivity index (χ4v) is 1.15. The first-order valence-corrected chi connectivity index (χ1v) is 4.90. The van der Waals surface area contributed by atoms with Gasteiger partial charge in [-0.25, -0.2) is 9.68 Å². The molecule has 0 bridgehead atoms.